The van der Waals surface area contributed by atoms with Gasteiger partial charge in [0.2, 0.25) is 5.91 Å². The predicted molar refractivity (Wildman–Crippen MR) is 95.6 cm³/mol. The summed E-state index contributed by atoms with van der Waals surface area (Å²) in [5.41, 5.74) is -0.00977. The van der Waals surface area contributed by atoms with E-state index in [1.54, 1.807) is 6.92 Å². The van der Waals surface area contributed by atoms with Crippen molar-refractivity contribution in [2.24, 2.45) is 11.8 Å². The Labute approximate surface area is 158 Å². The minimum Gasteiger partial charge on any atom is -0.543 e. The molecule has 26 heavy (non-hydrogen) atoms. The molecule has 0 bridgehead atoms. The van der Waals surface area contributed by atoms with E-state index in [0.29, 0.717) is 11.5 Å². The van der Waals surface area contributed by atoms with E-state index < -0.39 is 18.0 Å². The summed E-state index contributed by atoms with van der Waals surface area (Å²) in [6.07, 6.45) is 0.220. The fourth-order valence-corrected chi connectivity index (χ4v) is 5.81. The third-order valence-electron chi connectivity index (χ3n) is 5.39. The Bertz CT molecular complexity index is 642. The minimum atomic E-state index is -1.32. The second-order valence-electron chi connectivity index (χ2n) is 8.66. The number of hydrogen-bond donors (Lipinski definition) is 1. The van der Waals surface area contributed by atoms with E-state index in [4.69, 9.17) is 4.74 Å². The minimum absolute atomic E-state index is 0.00977. The Kier molecular flexibility index (Phi) is 5.16. The van der Waals surface area contributed by atoms with Gasteiger partial charge in [0.05, 0.1) is 57.5 Å². The number of aliphatic hydroxyl groups is 1. The van der Waals surface area contributed by atoms with Crippen LogP contribution in [0.15, 0.2) is 10.6 Å². The first-order valence-corrected chi connectivity index (χ1v) is 9.94. The number of amides is 1. The number of rotatable bonds is 6. The number of carbonyl (C=O) groups excluding carboxylic acids is 2. The summed E-state index contributed by atoms with van der Waals surface area (Å²) >= 11 is 1.50. The number of fused-ring (bicyclic) bond motifs is 1. The van der Waals surface area contributed by atoms with Crippen LogP contribution < -0.4 is 5.11 Å². The zero-order valence-electron chi connectivity index (χ0n) is 16.0. The fourth-order valence-electron chi connectivity index (χ4n) is 4.34. The lowest BCUT2D eigenvalue weighted by Crippen LogP contribution is -2.64. The van der Waals surface area contributed by atoms with Crippen LogP contribution in [-0.4, -0.2) is 84.2 Å². The molecule has 0 saturated carbocycles. The number of ether oxygens (including phenoxy) is 1. The molecule has 0 aromatic carbocycles. The Balaban J connectivity index is 1.75. The van der Waals surface area contributed by atoms with Crippen molar-refractivity contribution in [3.05, 3.63) is 10.6 Å². The Hall–Kier alpha value is -1.09. The lowest BCUT2D eigenvalue weighted by Gasteiger charge is -2.47. The Morgan fingerprint density at radius 2 is 2.12 bits per heavy atom. The van der Waals surface area contributed by atoms with Crippen molar-refractivity contribution < 1.29 is 29.0 Å². The number of carboxylic acids is 1. The predicted octanol–water partition coefficient (Wildman–Crippen LogP) is -0.598. The van der Waals surface area contributed by atoms with Gasteiger partial charge in [-0.3, -0.25) is 4.79 Å². The molecule has 1 amide bonds. The zero-order valence-corrected chi connectivity index (χ0v) is 16.8. The van der Waals surface area contributed by atoms with E-state index >= 15 is 0 Å². The van der Waals surface area contributed by atoms with Crippen molar-refractivity contribution in [3.63, 3.8) is 0 Å². The van der Waals surface area contributed by atoms with Gasteiger partial charge in [-0.05, 0) is 13.3 Å². The summed E-state index contributed by atoms with van der Waals surface area (Å²) < 4.78 is 6.70. The summed E-state index contributed by atoms with van der Waals surface area (Å²) in [6, 6.07) is -0.290. The van der Waals surface area contributed by atoms with Crippen LogP contribution in [0.4, 0.5) is 0 Å². The van der Waals surface area contributed by atoms with Gasteiger partial charge in [-0.2, -0.15) is 0 Å². The molecule has 3 aliphatic heterocycles. The maximum atomic E-state index is 12.3. The number of aliphatic carboxylic acids is 1. The second kappa shape index (κ2) is 6.82. The Morgan fingerprint density at radius 1 is 1.46 bits per heavy atom. The molecule has 3 rings (SSSR count). The number of thioether (sulfide) groups is 1. The van der Waals surface area contributed by atoms with Crippen LogP contribution in [0.1, 0.15) is 20.3 Å². The van der Waals surface area contributed by atoms with Crippen molar-refractivity contribution in [3.8, 4) is 0 Å². The summed E-state index contributed by atoms with van der Waals surface area (Å²) in [5, 5.41) is 21.8. The van der Waals surface area contributed by atoms with Gasteiger partial charge in [-0.1, -0.05) is 6.92 Å². The molecular formula is C18H28N2O5S. The molecule has 3 aliphatic rings. The highest BCUT2D eigenvalue weighted by Gasteiger charge is 2.59. The quantitative estimate of drug-likeness (QED) is 0.486. The van der Waals surface area contributed by atoms with Crippen molar-refractivity contribution in [1.82, 2.24) is 4.90 Å². The van der Waals surface area contributed by atoms with E-state index in [-0.39, 0.29) is 34.9 Å². The number of β-lactam (4-membered cyclic amide) rings is 1. The molecule has 2 unspecified atom stereocenters. The first kappa shape index (κ1) is 19.7. The topological polar surface area (TPSA) is 89.9 Å². The van der Waals surface area contributed by atoms with Gasteiger partial charge >= 0.3 is 0 Å². The second-order valence-corrected chi connectivity index (χ2v) is 10.0. The highest BCUT2D eigenvalue weighted by Crippen LogP contribution is 2.51. The summed E-state index contributed by atoms with van der Waals surface area (Å²) in [6.45, 7) is 4.98. The average molecular weight is 384 g/mol. The van der Waals surface area contributed by atoms with Crippen molar-refractivity contribution >= 4 is 23.6 Å². The summed E-state index contributed by atoms with van der Waals surface area (Å²) in [5.74, 6) is -2.30. The molecule has 0 radical (unpaired) electrons. The molecule has 0 aromatic heterocycles. The third-order valence-corrected chi connectivity index (χ3v) is 6.87. The van der Waals surface area contributed by atoms with Gasteiger partial charge < -0.3 is 29.1 Å². The van der Waals surface area contributed by atoms with Gasteiger partial charge in [0.25, 0.3) is 0 Å². The van der Waals surface area contributed by atoms with Gasteiger partial charge in [-0.15, -0.1) is 11.8 Å². The number of likely N-dealkylation sites (N-methyl/N-ethyl adjacent to an activating group) is 1. The molecule has 7 nitrogen and oxygen atoms in total. The number of carboxylic acid groups (broad SMARTS) is 1. The Morgan fingerprint density at radius 3 is 2.65 bits per heavy atom. The summed E-state index contributed by atoms with van der Waals surface area (Å²) in [7, 11) is 6.35. The third kappa shape index (κ3) is 3.40. The summed E-state index contributed by atoms with van der Waals surface area (Å²) in [4.78, 5) is 26.1. The van der Waals surface area contributed by atoms with Gasteiger partial charge in [0, 0.05) is 16.1 Å². The van der Waals surface area contributed by atoms with E-state index in [1.807, 2.05) is 6.92 Å². The maximum absolute atomic E-state index is 12.3. The maximum Gasteiger partial charge on any atom is 0.235 e. The standard InChI is InChI=1S/C18H28N2O5S/c1-9-14-13(10(2)21)17(22)19(14)15(18(23)24)16(9)26-12-6-11(25-8-12)7-20(3,4)5/h9-14,21H,6-8H2,1-5H3/t9-,10-,11?,12?,13-,14-/m1/s1. The number of hydrogen-bond acceptors (Lipinski definition) is 6. The van der Waals surface area contributed by atoms with Crippen LogP contribution >= 0.6 is 11.8 Å². The van der Waals surface area contributed by atoms with E-state index in [9.17, 15) is 19.8 Å². The molecule has 3 heterocycles. The lowest BCUT2D eigenvalue weighted by atomic mass is 9.79. The molecule has 0 aromatic rings. The molecule has 6 atom stereocenters. The number of nitrogens with zero attached hydrogens (tertiary/aromatic N) is 2. The largest absolute Gasteiger partial charge is 0.543 e. The van der Waals surface area contributed by atoms with Gasteiger partial charge in [0.1, 0.15) is 12.6 Å². The molecular weight excluding hydrogens is 356 g/mol. The zero-order chi connectivity index (χ0) is 19.4. The normalized spacial score (nSPS) is 35.5. The smallest absolute Gasteiger partial charge is 0.235 e. The molecule has 8 heteroatoms. The van der Waals surface area contributed by atoms with Crippen LogP contribution in [0.5, 0.6) is 0 Å². The first-order valence-electron chi connectivity index (χ1n) is 9.06. The van der Waals surface area contributed by atoms with Crippen molar-refractivity contribution in [2.75, 3.05) is 34.3 Å². The average Bonchev–Trinajstić information content (AvgIpc) is 3.00. The highest BCUT2D eigenvalue weighted by molar-refractivity contribution is 8.03. The van der Waals surface area contributed by atoms with Crippen LogP contribution in [-0.2, 0) is 14.3 Å². The van der Waals surface area contributed by atoms with Gasteiger partial charge in [-0.25, -0.2) is 0 Å². The monoisotopic (exact) mass is 384 g/mol. The van der Waals surface area contributed by atoms with Crippen LogP contribution in [0, 0.1) is 11.8 Å². The SMILES string of the molecule is C[C@@H](O)[C@H]1C(=O)N2C(C(=O)[O-])=C(SC3COC(C[N+](C)(C)C)C3)[C@H](C)[C@H]12. The van der Waals surface area contributed by atoms with E-state index in [0.717, 1.165) is 17.4 Å². The molecule has 1 N–H and O–H groups in total. The number of aliphatic hydroxyl groups excluding tert-OH is 1. The molecule has 2 saturated heterocycles. The molecule has 0 aliphatic carbocycles. The van der Waals surface area contributed by atoms with E-state index in [2.05, 4.69) is 21.1 Å². The van der Waals surface area contributed by atoms with E-state index in [1.165, 1.54) is 16.7 Å². The fraction of sp³-hybridized carbons (Fsp3) is 0.778. The molecule has 146 valence electrons. The van der Waals surface area contributed by atoms with Crippen LogP contribution in [0.2, 0.25) is 0 Å². The number of quaternary nitrogens is 1. The first-order chi connectivity index (χ1) is 12.0. The van der Waals surface area contributed by atoms with Crippen LogP contribution in [0.3, 0.4) is 0 Å². The van der Waals surface area contributed by atoms with Gasteiger partial charge in [0.15, 0.2) is 0 Å². The van der Waals surface area contributed by atoms with Crippen molar-refractivity contribution in [2.45, 2.75) is 43.8 Å². The van der Waals surface area contributed by atoms with Crippen molar-refractivity contribution in [1.29, 1.82) is 0 Å². The highest BCUT2D eigenvalue weighted by atomic mass is 32.2. The lowest BCUT2D eigenvalue weighted by molar-refractivity contribution is -0.873. The van der Waals surface area contributed by atoms with Crippen LogP contribution in [0.25, 0.3) is 0 Å². The molecule has 2 fully saturated rings. The molecule has 0 spiro atoms. The number of carbonyl (C=O) groups is 2.